The number of aromatic hydroxyl groups is 1. The third-order valence-corrected chi connectivity index (χ3v) is 3.91. The standard InChI is InChI=1S/C14H11ClF4N4O4/c1-5(22-11(13(18)19)9(15)10(21-22)12(16)17)14(25)20-7-4-6(23(26)27)2-3-8(7)24/h2-5,12-13,24H,1H3,(H,20,25). The van der Waals surface area contributed by atoms with Crippen LogP contribution in [0.3, 0.4) is 0 Å². The zero-order valence-electron chi connectivity index (χ0n) is 13.4. The molecule has 27 heavy (non-hydrogen) atoms. The zero-order valence-corrected chi connectivity index (χ0v) is 14.1. The first-order valence-electron chi connectivity index (χ1n) is 7.17. The topological polar surface area (TPSA) is 110 Å². The quantitative estimate of drug-likeness (QED) is 0.320. The Morgan fingerprint density at radius 1 is 1.33 bits per heavy atom. The lowest BCUT2D eigenvalue weighted by atomic mass is 10.2. The average Bonchev–Trinajstić information content (AvgIpc) is 2.93. The number of phenols is 1. The molecule has 1 unspecified atom stereocenters. The number of nitro benzene ring substituents is 1. The number of carbonyl (C=O) groups excluding carboxylic acids is 1. The van der Waals surface area contributed by atoms with Gasteiger partial charge in [-0.05, 0) is 13.0 Å². The summed E-state index contributed by atoms with van der Waals surface area (Å²) in [6.45, 7) is 1.08. The Bertz CT molecular complexity index is 890. The highest BCUT2D eigenvalue weighted by Gasteiger charge is 2.32. The largest absolute Gasteiger partial charge is 0.506 e. The number of amides is 1. The number of rotatable bonds is 6. The molecular weight excluding hydrogens is 400 g/mol. The molecule has 2 aromatic rings. The Balaban J connectivity index is 2.37. The first kappa shape index (κ1) is 20.4. The van der Waals surface area contributed by atoms with Gasteiger partial charge in [-0.3, -0.25) is 14.9 Å². The van der Waals surface area contributed by atoms with Crippen LogP contribution in [-0.4, -0.2) is 25.7 Å². The number of anilines is 1. The second-order valence-electron chi connectivity index (χ2n) is 5.25. The van der Waals surface area contributed by atoms with Gasteiger partial charge in [-0.25, -0.2) is 22.2 Å². The van der Waals surface area contributed by atoms with Gasteiger partial charge in [-0.1, -0.05) is 11.6 Å². The molecule has 1 atom stereocenters. The van der Waals surface area contributed by atoms with Crippen molar-refractivity contribution in [2.24, 2.45) is 0 Å². The summed E-state index contributed by atoms with van der Waals surface area (Å²) in [5.74, 6) is -1.57. The molecule has 1 amide bonds. The van der Waals surface area contributed by atoms with Crippen LogP contribution in [0.4, 0.5) is 28.9 Å². The van der Waals surface area contributed by atoms with Crippen molar-refractivity contribution in [2.75, 3.05) is 5.32 Å². The maximum Gasteiger partial charge on any atom is 0.283 e. The van der Waals surface area contributed by atoms with Gasteiger partial charge in [0.15, 0.2) is 0 Å². The summed E-state index contributed by atoms with van der Waals surface area (Å²) in [4.78, 5) is 22.3. The molecule has 0 aliphatic heterocycles. The Hall–Kier alpha value is -2.89. The number of halogens is 5. The van der Waals surface area contributed by atoms with E-state index in [1.807, 2.05) is 0 Å². The van der Waals surface area contributed by atoms with Gasteiger partial charge in [0.2, 0.25) is 5.91 Å². The maximum atomic E-state index is 13.2. The number of phenolic OH excluding ortho intramolecular Hbond substituents is 1. The average molecular weight is 411 g/mol. The van der Waals surface area contributed by atoms with Crippen molar-refractivity contribution in [1.29, 1.82) is 0 Å². The molecule has 13 heteroatoms. The van der Waals surface area contributed by atoms with E-state index in [0.29, 0.717) is 4.68 Å². The van der Waals surface area contributed by atoms with Gasteiger partial charge in [-0.2, -0.15) is 5.10 Å². The maximum absolute atomic E-state index is 13.2. The van der Waals surface area contributed by atoms with Crippen molar-refractivity contribution < 1.29 is 32.4 Å². The molecule has 2 N–H and O–H groups in total. The van der Waals surface area contributed by atoms with E-state index in [1.54, 1.807) is 0 Å². The molecule has 2 rings (SSSR count). The molecule has 1 aromatic heterocycles. The summed E-state index contributed by atoms with van der Waals surface area (Å²) in [7, 11) is 0. The van der Waals surface area contributed by atoms with Crippen LogP contribution < -0.4 is 5.32 Å². The van der Waals surface area contributed by atoms with E-state index in [1.165, 1.54) is 0 Å². The number of carbonyl (C=O) groups is 1. The minimum Gasteiger partial charge on any atom is -0.506 e. The first-order chi connectivity index (χ1) is 12.5. The van der Waals surface area contributed by atoms with E-state index < -0.39 is 57.6 Å². The summed E-state index contributed by atoms with van der Waals surface area (Å²) in [6.07, 6.45) is -6.54. The molecule has 0 radical (unpaired) electrons. The summed E-state index contributed by atoms with van der Waals surface area (Å²) < 4.78 is 52.4. The predicted octanol–water partition coefficient (Wildman–Crippen LogP) is 4.23. The zero-order chi connectivity index (χ0) is 20.5. The van der Waals surface area contributed by atoms with Crippen LogP contribution in [0.25, 0.3) is 0 Å². The van der Waals surface area contributed by atoms with Crippen LogP contribution in [0, 0.1) is 10.1 Å². The van der Waals surface area contributed by atoms with Crippen LogP contribution in [0.5, 0.6) is 5.75 Å². The molecule has 0 saturated carbocycles. The highest BCUT2D eigenvalue weighted by molar-refractivity contribution is 6.32. The first-order valence-corrected chi connectivity index (χ1v) is 7.54. The minimum absolute atomic E-state index is 0.345. The lowest BCUT2D eigenvalue weighted by molar-refractivity contribution is -0.384. The highest BCUT2D eigenvalue weighted by atomic mass is 35.5. The lowest BCUT2D eigenvalue weighted by Crippen LogP contribution is -2.26. The molecule has 0 bridgehead atoms. The number of hydrogen-bond donors (Lipinski definition) is 2. The fourth-order valence-electron chi connectivity index (χ4n) is 2.16. The van der Waals surface area contributed by atoms with Crippen molar-refractivity contribution in [3.63, 3.8) is 0 Å². The molecule has 0 spiro atoms. The van der Waals surface area contributed by atoms with Crippen LogP contribution in [0.15, 0.2) is 18.2 Å². The van der Waals surface area contributed by atoms with Gasteiger partial charge in [0, 0.05) is 12.1 Å². The van der Waals surface area contributed by atoms with E-state index in [2.05, 4.69) is 10.4 Å². The predicted molar refractivity (Wildman–Crippen MR) is 85.3 cm³/mol. The summed E-state index contributed by atoms with van der Waals surface area (Å²) in [5, 5.41) is 24.9. The Morgan fingerprint density at radius 2 is 1.96 bits per heavy atom. The normalized spacial score (nSPS) is 12.4. The van der Waals surface area contributed by atoms with Crippen molar-refractivity contribution in [2.45, 2.75) is 25.8 Å². The number of nitro groups is 1. The van der Waals surface area contributed by atoms with Crippen molar-refractivity contribution >= 4 is 28.9 Å². The number of aromatic nitrogens is 2. The van der Waals surface area contributed by atoms with Crippen LogP contribution in [0.1, 0.15) is 37.2 Å². The highest BCUT2D eigenvalue weighted by Crippen LogP contribution is 2.36. The van der Waals surface area contributed by atoms with Gasteiger partial charge < -0.3 is 10.4 Å². The summed E-state index contributed by atoms with van der Waals surface area (Å²) in [5.41, 5.74) is -3.00. The van der Waals surface area contributed by atoms with Gasteiger partial charge in [0.25, 0.3) is 18.5 Å². The van der Waals surface area contributed by atoms with E-state index in [4.69, 9.17) is 11.6 Å². The Labute approximate surface area is 153 Å². The van der Waals surface area contributed by atoms with Crippen molar-refractivity contribution in [1.82, 2.24) is 9.78 Å². The second kappa shape index (κ2) is 7.78. The second-order valence-corrected chi connectivity index (χ2v) is 5.63. The van der Waals surface area contributed by atoms with Gasteiger partial charge in [0.1, 0.15) is 23.2 Å². The van der Waals surface area contributed by atoms with Crippen LogP contribution in [0.2, 0.25) is 5.02 Å². The van der Waals surface area contributed by atoms with E-state index in [0.717, 1.165) is 25.1 Å². The number of nitrogens with one attached hydrogen (secondary N) is 1. The number of nitrogens with zero attached hydrogens (tertiary/aromatic N) is 3. The molecule has 146 valence electrons. The van der Waals surface area contributed by atoms with Crippen LogP contribution >= 0.6 is 11.6 Å². The molecule has 8 nitrogen and oxygen atoms in total. The van der Waals surface area contributed by atoms with E-state index in [-0.39, 0.29) is 5.69 Å². The SMILES string of the molecule is CC(C(=O)Nc1cc([N+](=O)[O-])ccc1O)n1nc(C(F)F)c(Cl)c1C(F)F. The molecule has 1 aromatic carbocycles. The number of non-ortho nitro benzene ring substituents is 1. The smallest absolute Gasteiger partial charge is 0.283 e. The number of benzene rings is 1. The third kappa shape index (κ3) is 4.10. The van der Waals surface area contributed by atoms with Gasteiger partial charge >= 0.3 is 0 Å². The molecule has 0 aliphatic carbocycles. The summed E-state index contributed by atoms with van der Waals surface area (Å²) in [6, 6.07) is 1.22. The molecular formula is C14H11ClF4N4O4. The van der Waals surface area contributed by atoms with E-state index in [9.17, 15) is 37.6 Å². The molecule has 1 heterocycles. The summed E-state index contributed by atoms with van der Waals surface area (Å²) >= 11 is 5.52. The number of alkyl halides is 4. The van der Waals surface area contributed by atoms with Crippen molar-refractivity contribution in [3.8, 4) is 5.75 Å². The third-order valence-electron chi connectivity index (χ3n) is 3.52. The molecule has 0 fully saturated rings. The fraction of sp³-hybridized carbons (Fsp3) is 0.286. The monoisotopic (exact) mass is 410 g/mol. The van der Waals surface area contributed by atoms with E-state index >= 15 is 0 Å². The fourth-order valence-corrected chi connectivity index (χ4v) is 2.45. The minimum atomic E-state index is -3.29. The van der Waals surface area contributed by atoms with Gasteiger partial charge in [0.05, 0.1) is 15.6 Å². The van der Waals surface area contributed by atoms with Crippen molar-refractivity contribution in [3.05, 3.63) is 44.7 Å². The number of hydrogen-bond acceptors (Lipinski definition) is 5. The van der Waals surface area contributed by atoms with Crippen LogP contribution in [-0.2, 0) is 4.79 Å². The Kier molecular flexibility index (Phi) is 5.88. The molecule has 0 aliphatic rings. The van der Waals surface area contributed by atoms with Gasteiger partial charge in [-0.15, -0.1) is 0 Å². The lowest BCUT2D eigenvalue weighted by Gasteiger charge is -2.16. The Morgan fingerprint density at radius 3 is 2.48 bits per heavy atom. The molecule has 0 saturated heterocycles.